The van der Waals surface area contributed by atoms with Crippen molar-refractivity contribution in [1.82, 2.24) is 15.1 Å². The van der Waals surface area contributed by atoms with E-state index >= 15 is 0 Å². The van der Waals surface area contributed by atoms with Gasteiger partial charge in [0.25, 0.3) is 0 Å². The van der Waals surface area contributed by atoms with E-state index in [1.807, 2.05) is 17.9 Å². The number of nitrogens with one attached hydrogen (secondary N) is 1. The summed E-state index contributed by atoms with van der Waals surface area (Å²) in [6.07, 6.45) is 10.6. The van der Waals surface area contributed by atoms with Crippen LogP contribution in [0.1, 0.15) is 52.0 Å². The van der Waals surface area contributed by atoms with Gasteiger partial charge in [-0.05, 0) is 55.5 Å². The van der Waals surface area contributed by atoms with Gasteiger partial charge in [0, 0.05) is 19.3 Å². The molecule has 1 saturated carbocycles. The van der Waals surface area contributed by atoms with Gasteiger partial charge < -0.3 is 5.32 Å². The Labute approximate surface area is 124 Å². The van der Waals surface area contributed by atoms with Crippen molar-refractivity contribution >= 4 is 0 Å². The molecule has 3 nitrogen and oxygen atoms in total. The molecule has 0 saturated heterocycles. The van der Waals surface area contributed by atoms with E-state index in [-0.39, 0.29) is 0 Å². The van der Waals surface area contributed by atoms with Crippen molar-refractivity contribution in [1.29, 1.82) is 0 Å². The van der Waals surface area contributed by atoms with Crippen LogP contribution >= 0.6 is 0 Å². The second-order valence-electron chi connectivity index (χ2n) is 7.43. The summed E-state index contributed by atoms with van der Waals surface area (Å²) >= 11 is 0. The lowest BCUT2D eigenvalue weighted by atomic mass is 9.64. The van der Waals surface area contributed by atoms with Crippen LogP contribution in [0.4, 0.5) is 0 Å². The summed E-state index contributed by atoms with van der Waals surface area (Å²) in [7, 11) is 4.13. The van der Waals surface area contributed by atoms with E-state index in [1.54, 1.807) is 0 Å². The Morgan fingerprint density at radius 3 is 2.75 bits per heavy atom. The Balaban J connectivity index is 1.97. The maximum absolute atomic E-state index is 4.28. The van der Waals surface area contributed by atoms with Crippen LogP contribution in [0, 0.1) is 17.3 Å². The zero-order chi connectivity index (χ0) is 14.8. The minimum atomic E-state index is 0.393. The van der Waals surface area contributed by atoms with Crippen molar-refractivity contribution in [2.24, 2.45) is 24.3 Å². The smallest absolute Gasteiger partial charge is 0.0521 e. The average molecular weight is 277 g/mol. The molecule has 1 aromatic rings. The molecule has 0 amide bonds. The first-order chi connectivity index (χ1) is 9.42. The molecule has 3 unspecified atom stereocenters. The minimum Gasteiger partial charge on any atom is -0.317 e. The maximum Gasteiger partial charge on any atom is 0.0521 e. The molecule has 1 fully saturated rings. The van der Waals surface area contributed by atoms with Crippen molar-refractivity contribution in [2.45, 2.75) is 58.9 Å². The van der Waals surface area contributed by atoms with Gasteiger partial charge in [0.15, 0.2) is 0 Å². The van der Waals surface area contributed by atoms with E-state index in [1.165, 1.54) is 31.2 Å². The highest BCUT2D eigenvalue weighted by atomic mass is 15.2. The molecule has 0 radical (unpaired) electrons. The summed E-state index contributed by atoms with van der Waals surface area (Å²) in [6.45, 7) is 7.30. The summed E-state index contributed by atoms with van der Waals surface area (Å²) in [5.74, 6) is 1.66. The SMILES string of the molecule is CNC1CC(C)CCC1C(C)(C)CCc1cnn(C)c1. The van der Waals surface area contributed by atoms with Crippen LogP contribution in [-0.2, 0) is 13.5 Å². The van der Waals surface area contributed by atoms with Crippen LogP contribution in [0.5, 0.6) is 0 Å². The molecule has 1 N–H and O–H groups in total. The molecule has 0 spiro atoms. The predicted molar refractivity (Wildman–Crippen MR) is 84.7 cm³/mol. The first-order valence-electron chi connectivity index (χ1n) is 8.07. The van der Waals surface area contributed by atoms with Crippen molar-refractivity contribution in [2.75, 3.05) is 7.05 Å². The first-order valence-corrected chi connectivity index (χ1v) is 8.07. The van der Waals surface area contributed by atoms with Gasteiger partial charge in [0.05, 0.1) is 6.20 Å². The average Bonchev–Trinajstić information content (AvgIpc) is 2.82. The highest BCUT2D eigenvalue weighted by molar-refractivity contribution is 5.05. The lowest BCUT2D eigenvalue weighted by molar-refractivity contribution is 0.0907. The van der Waals surface area contributed by atoms with Gasteiger partial charge >= 0.3 is 0 Å². The van der Waals surface area contributed by atoms with Crippen LogP contribution in [-0.4, -0.2) is 22.9 Å². The third kappa shape index (κ3) is 3.63. The van der Waals surface area contributed by atoms with Crippen molar-refractivity contribution in [3.8, 4) is 0 Å². The fourth-order valence-corrected chi connectivity index (χ4v) is 3.89. The number of hydrogen-bond donors (Lipinski definition) is 1. The van der Waals surface area contributed by atoms with Gasteiger partial charge in [0.2, 0.25) is 0 Å². The standard InChI is InChI=1S/C17H31N3/c1-13-6-7-15(16(10-13)18-4)17(2,3)9-8-14-11-19-20(5)12-14/h11-13,15-16,18H,6-10H2,1-5H3. The number of rotatable bonds is 5. The highest BCUT2D eigenvalue weighted by Gasteiger charge is 2.37. The second-order valence-corrected chi connectivity index (χ2v) is 7.43. The summed E-state index contributed by atoms with van der Waals surface area (Å²) in [5.41, 5.74) is 1.76. The minimum absolute atomic E-state index is 0.393. The summed E-state index contributed by atoms with van der Waals surface area (Å²) < 4.78 is 1.90. The van der Waals surface area contributed by atoms with Gasteiger partial charge in [-0.2, -0.15) is 5.10 Å². The number of hydrogen-bond acceptors (Lipinski definition) is 2. The number of aryl methyl sites for hydroxylation is 2. The van der Waals surface area contributed by atoms with Crippen LogP contribution in [0.3, 0.4) is 0 Å². The van der Waals surface area contributed by atoms with Gasteiger partial charge in [-0.1, -0.05) is 27.2 Å². The topological polar surface area (TPSA) is 29.9 Å². The zero-order valence-electron chi connectivity index (χ0n) is 13.8. The van der Waals surface area contributed by atoms with E-state index in [9.17, 15) is 0 Å². The molecular formula is C17H31N3. The number of aromatic nitrogens is 2. The van der Waals surface area contributed by atoms with Crippen LogP contribution in [0.2, 0.25) is 0 Å². The van der Waals surface area contributed by atoms with Crippen molar-refractivity contribution in [3.05, 3.63) is 18.0 Å². The Bertz CT molecular complexity index is 422. The molecule has 2 rings (SSSR count). The largest absolute Gasteiger partial charge is 0.317 e. The van der Waals surface area contributed by atoms with E-state index in [0.29, 0.717) is 11.5 Å². The van der Waals surface area contributed by atoms with Crippen molar-refractivity contribution in [3.63, 3.8) is 0 Å². The zero-order valence-corrected chi connectivity index (χ0v) is 13.8. The molecular weight excluding hydrogens is 246 g/mol. The van der Waals surface area contributed by atoms with Gasteiger partial charge in [-0.15, -0.1) is 0 Å². The van der Waals surface area contributed by atoms with E-state index in [2.05, 4.69) is 44.4 Å². The number of nitrogens with zero attached hydrogens (tertiary/aromatic N) is 2. The molecule has 1 aliphatic rings. The molecule has 114 valence electrons. The van der Waals surface area contributed by atoms with Crippen LogP contribution in [0.25, 0.3) is 0 Å². The van der Waals surface area contributed by atoms with Crippen LogP contribution < -0.4 is 5.32 Å². The molecule has 0 bridgehead atoms. The van der Waals surface area contributed by atoms with Gasteiger partial charge in [-0.3, -0.25) is 4.68 Å². The molecule has 3 heteroatoms. The fourth-order valence-electron chi connectivity index (χ4n) is 3.89. The Morgan fingerprint density at radius 1 is 1.40 bits per heavy atom. The van der Waals surface area contributed by atoms with E-state index in [0.717, 1.165) is 18.3 Å². The van der Waals surface area contributed by atoms with E-state index < -0.39 is 0 Å². The second kappa shape index (κ2) is 6.30. The molecule has 1 heterocycles. The third-order valence-electron chi connectivity index (χ3n) is 5.30. The highest BCUT2D eigenvalue weighted by Crippen LogP contribution is 2.42. The molecule has 20 heavy (non-hydrogen) atoms. The van der Waals surface area contributed by atoms with Gasteiger partial charge in [-0.25, -0.2) is 0 Å². The summed E-state index contributed by atoms with van der Waals surface area (Å²) in [4.78, 5) is 0. The quantitative estimate of drug-likeness (QED) is 0.894. The lowest BCUT2D eigenvalue weighted by Crippen LogP contribution is -2.45. The Morgan fingerprint density at radius 2 is 2.15 bits per heavy atom. The molecule has 1 aromatic heterocycles. The molecule has 1 aliphatic carbocycles. The molecule has 3 atom stereocenters. The Kier molecular flexibility index (Phi) is 4.90. The maximum atomic E-state index is 4.28. The monoisotopic (exact) mass is 277 g/mol. The van der Waals surface area contributed by atoms with E-state index in [4.69, 9.17) is 0 Å². The predicted octanol–water partition coefficient (Wildman–Crippen LogP) is 3.40. The normalized spacial score (nSPS) is 27.8. The van der Waals surface area contributed by atoms with Gasteiger partial charge in [0.1, 0.15) is 0 Å². The first kappa shape index (κ1) is 15.6. The molecule has 0 aromatic carbocycles. The Hall–Kier alpha value is -0.830. The summed E-state index contributed by atoms with van der Waals surface area (Å²) in [6, 6.07) is 0.683. The third-order valence-corrected chi connectivity index (χ3v) is 5.30. The van der Waals surface area contributed by atoms with Crippen LogP contribution in [0.15, 0.2) is 12.4 Å². The lowest BCUT2D eigenvalue weighted by Gasteiger charge is -2.44. The summed E-state index contributed by atoms with van der Waals surface area (Å²) in [5, 5.41) is 7.85. The van der Waals surface area contributed by atoms with Crippen molar-refractivity contribution < 1.29 is 0 Å². The fraction of sp³-hybridized carbons (Fsp3) is 0.824. The molecule has 0 aliphatic heterocycles.